The first-order chi connectivity index (χ1) is 9.24. The highest BCUT2D eigenvalue weighted by molar-refractivity contribution is 5.85. The predicted octanol–water partition coefficient (Wildman–Crippen LogP) is 1.79. The lowest BCUT2D eigenvalue weighted by molar-refractivity contribution is -0.132. The molecule has 1 fully saturated rings. The van der Waals surface area contributed by atoms with Crippen LogP contribution in [0.25, 0.3) is 0 Å². The number of ether oxygens (including phenoxy) is 1. The molecule has 1 heterocycles. The third-order valence-electron chi connectivity index (χ3n) is 3.62. The normalized spacial score (nSPS) is 21.3. The summed E-state index contributed by atoms with van der Waals surface area (Å²) in [5.74, 6) is -0.0261. The quantitative estimate of drug-likeness (QED) is 0.871. The predicted molar refractivity (Wildman–Crippen MR) is 81.9 cm³/mol. The fraction of sp³-hybridized carbons (Fsp3) is 0.533. The van der Waals surface area contributed by atoms with Crippen molar-refractivity contribution in [2.24, 2.45) is 5.73 Å². The van der Waals surface area contributed by atoms with Crippen LogP contribution in [0.4, 0.5) is 0 Å². The van der Waals surface area contributed by atoms with Gasteiger partial charge in [-0.25, -0.2) is 0 Å². The number of benzene rings is 1. The number of amides is 1. The van der Waals surface area contributed by atoms with Crippen molar-refractivity contribution in [1.82, 2.24) is 5.32 Å². The Morgan fingerprint density at radius 3 is 2.65 bits per heavy atom. The molecule has 0 spiro atoms. The molecule has 0 saturated carbocycles. The van der Waals surface area contributed by atoms with Gasteiger partial charge in [-0.1, -0.05) is 31.2 Å². The average Bonchev–Trinajstić information content (AvgIpc) is 2.94. The lowest BCUT2D eigenvalue weighted by Crippen LogP contribution is -2.35. The molecule has 3 N–H and O–H groups in total. The molecular weight excluding hydrogens is 276 g/mol. The van der Waals surface area contributed by atoms with Gasteiger partial charge in [-0.05, 0) is 30.4 Å². The zero-order valence-corrected chi connectivity index (χ0v) is 12.6. The Kier molecular flexibility index (Phi) is 6.99. The molecule has 2 rings (SSSR count). The number of hydrogen-bond acceptors (Lipinski definition) is 3. The summed E-state index contributed by atoms with van der Waals surface area (Å²) in [5, 5.41) is 2.96. The largest absolute Gasteiger partial charge is 0.364 e. The van der Waals surface area contributed by atoms with Gasteiger partial charge >= 0.3 is 0 Å². The van der Waals surface area contributed by atoms with Crippen LogP contribution in [-0.2, 0) is 22.5 Å². The molecule has 0 bridgehead atoms. The van der Waals surface area contributed by atoms with Crippen molar-refractivity contribution >= 4 is 18.3 Å². The molecule has 0 aromatic heterocycles. The Morgan fingerprint density at radius 1 is 1.35 bits per heavy atom. The second-order valence-electron chi connectivity index (χ2n) is 4.90. The molecule has 112 valence electrons. The van der Waals surface area contributed by atoms with E-state index in [1.165, 1.54) is 11.1 Å². The Hall–Kier alpha value is -1.10. The van der Waals surface area contributed by atoms with Crippen molar-refractivity contribution < 1.29 is 9.53 Å². The van der Waals surface area contributed by atoms with E-state index in [-0.39, 0.29) is 30.5 Å². The van der Waals surface area contributed by atoms with E-state index in [9.17, 15) is 4.79 Å². The lowest BCUT2D eigenvalue weighted by Gasteiger charge is -2.14. The second kappa shape index (κ2) is 8.25. The number of carbonyl (C=O) groups is 1. The highest BCUT2D eigenvalue weighted by Gasteiger charge is 2.29. The van der Waals surface area contributed by atoms with Crippen molar-refractivity contribution in [2.45, 2.75) is 44.9 Å². The van der Waals surface area contributed by atoms with Crippen LogP contribution in [0.2, 0.25) is 0 Å². The third kappa shape index (κ3) is 4.20. The smallest absolute Gasteiger partial charge is 0.249 e. The zero-order valence-electron chi connectivity index (χ0n) is 11.8. The van der Waals surface area contributed by atoms with Crippen LogP contribution in [0.1, 0.15) is 30.9 Å². The summed E-state index contributed by atoms with van der Waals surface area (Å²) in [6.45, 7) is 3.17. The Balaban J connectivity index is 0.00000200. The maximum Gasteiger partial charge on any atom is 0.249 e. The van der Waals surface area contributed by atoms with Gasteiger partial charge in [0.25, 0.3) is 0 Å². The Morgan fingerprint density at radius 2 is 2.05 bits per heavy atom. The third-order valence-corrected chi connectivity index (χ3v) is 3.62. The van der Waals surface area contributed by atoms with Gasteiger partial charge < -0.3 is 15.8 Å². The summed E-state index contributed by atoms with van der Waals surface area (Å²) < 4.78 is 5.58. The summed E-state index contributed by atoms with van der Waals surface area (Å²) >= 11 is 0. The number of halogens is 1. The van der Waals surface area contributed by atoms with Crippen LogP contribution in [0.5, 0.6) is 0 Å². The highest BCUT2D eigenvalue weighted by atomic mass is 35.5. The minimum absolute atomic E-state index is 0. The number of aryl methyl sites for hydroxylation is 1. The average molecular weight is 299 g/mol. The summed E-state index contributed by atoms with van der Waals surface area (Å²) in [7, 11) is 0. The van der Waals surface area contributed by atoms with Crippen LogP contribution in [0.3, 0.4) is 0 Å². The van der Waals surface area contributed by atoms with E-state index in [1.54, 1.807) is 0 Å². The fourth-order valence-corrected chi connectivity index (χ4v) is 2.44. The SMILES string of the molecule is CCc1ccccc1CNC(=O)[C@@H]1CC[C@H](CN)O1.Cl. The first-order valence-corrected chi connectivity index (χ1v) is 6.94. The minimum Gasteiger partial charge on any atom is -0.364 e. The molecule has 1 aliphatic heterocycles. The van der Waals surface area contributed by atoms with Gasteiger partial charge in [-0.3, -0.25) is 4.79 Å². The Labute approximate surface area is 126 Å². The molecule has 1 aromatic rings. The minimum atomic E-state index is -0.331. The van der Waals surface area contributed by atoms with Gasteiger partial charge in [0.2, 0.25) is 5.91 Å². The van der Waals surface area contributed by atoms with E-state index in [1.807, 2.05) is 12.1 Å². The summed E-state index contributed by atoms with van der Waals surface area (Å²) in [6.07, 6.45) is 2.32. The van der Waals surface area contributed by atoms with Crippen molar-refractivity contribution in [1.29, 1.82) is 0 Å². The second-order valence-corrected chi connectivity index (χ2v) is 4.90. The van der Waals surface area contributed by atoms with Crippen LogP contribution < -0.4 is 11.1 Å². The maximum absolute atomic E-state index is 12.0. The van der Waals surface area contributed by atoms with E-state index >= 15 is 0 Å². The Bertz CT molecular complexity index is 440. The summed E-state index contributed by atoms with van der Waals surface area (Å²) in [6, 6.07) is 8.17. The van der Waals surface area contributed by atoms with E-state index in [0.29, 0.717) is 13.1 Å². The first-order valence-electron chi connectivity index (χ1n) is 6.94. The molecule has 20 heavy (non-hydrogen) atoms. The van der Waals surface area contributed by atoms with Gasteiger partial charge in [-0.2, -0.15) is 0 Å². The molecular formula is C15H23ClN2O2. The van der Waals surface area contributed by atoms with Crippen molar-refractivity contribution in [3.8, 4) is 0 Å². The summed E-state index contributed by atoms with van der Waals surface area (Å²) in [4.78, 5) is 12.0. The van der Waals surface area contributed by atoms with Gasteiger partial charge in [-0.15, -0.1) is 12.4 Å². The zero-order chi connectivity index (χ0) is 13.7. The van der Waals surface area contributed by atoms with Crippen LogP contribution >= 0.6 is 12.4 Å². The van der Waals surface area contributed by atoms with Crippen molar-refractivity contribution in [2.75, 3.05) is 6.54 Å². The molecule has 1 aromatic carbocycles. The molecule has 1 aliphatic rings. The maximum atomic E-state index is 12.0. The molecule has 5 heteroatoms. The van der Waals surface area contributed by atoms with E-state index in [0.717, 1.165) is 19.3 Å². The molecule has 1 amide bonds. The van der Waals surface area contributed by atoms with E-state index in [4.69, 9.17) is 10.5 Å². The molecule has 0 unspecified atom stereocenters. The number of nitrogens with two attached hydrogens (primary N) is 1. The standard InChI is InChI=1S/C15H22N2O2.ClH/c1-2-11-5-3-4-6-12(11)10-17-15(18)14-8-7-13(9-16)19-14;/h3-6,13-14H,2,7-10,16H2,1H3,(H,17,18);1H/t13-,14+;/m1./s1. The van der Waals surface area contributed by atoms with Gasteiger partial charge in [0, 0.05) is 13.1 Å². The molecule has 4 nitrogen and oxygen atoms in total. The molecule has 0 radical (unpaired) electrons. The number of hydrogen-bond donors (Lipinski definition) is 2. The number of nitrogens with one attached hydrogen (secondary N) is 1. The first kappa shape index (κ1) is 17.0. The van der Waals surface area contributed by atoms with Crippen LogP contribution in [-0.4, -0.2) is 24.7 Å². The number of rotatable bonds is 5. The van der Waals surface area contributed by atoms with E-state index in [2.05, 4.69) is 24.4 Å². The topological polar surface area (TPSA) is 64.4 Å². The van der Waals surface area contributed by atoms with E-state index < -0.39 is 0 Å². The molecule has 0 aliphatic carbocycles. The van der Waals surface area contributed by atoms with Gasteiger partial charge in [0.15, 0.2) is 0 Å². The van der Waals surface area contributed by atoms with Gasteiger partial charge in [0.1, 0.15) is 6.10 Å². The van der Waals surface area contributed by atoms with Crippen LogP contribution in [0, 0.1) is 0 Å². The van der Waals surface area contributed by atoms with Crippen molar-refractivity contribution in [3.05, 3.63) is 35.4 Å². The number of carbonyl (C=O) groups excluding carboxylic acids is 1. The fourth-order valence-electron chi connectivity index (χ4n) is 2.44. The highest BCUT2D eigenvalue weighted by Crippen LogP contribution is 2.19. The summed E-state index contributed by atoms with van der Waals surface area (Å²) in [5.41, 5.74) is 7.99. The monoisotopic (exact) mass is 298 g/mol. The van der Waals surface area contributed by atoms with Crippen LogP contribution in [0.15, 0.2) is 24.3 Å². The lowest BCUT2D eigenvalue weighted by atomic mass is 10.1. The van der Waals surface area contributed by atoms with Gasteiger partial charge in [0.05, 0.1) is 6.10 Å². The molecule has 2 atom stereocenters. The van der Waals surface area contributed by atoms with Crippen molar-refractivity contribution in [3.63, 3.8) is 0 Å². The molecule has 1 saturated heterocycles.